The van der Waals surface area contributed by atoms with E-state index in [1.165, 1.54) is 5.56 Å². The second-order valence-electron chi connectivity index (χ2n) is 4.09. The van der Waals surface area contributed by atoms with Crippen LogP contribution in [0.15, 0.2) is 16.7 Å². The molecule has 0 fully saturated rings. The van der Waals surface area contributed by atoms with Gasteiger partial charge in [-0.2, -0.15) is 0 Å². The molecule has 1 heterocycles. The molecule has 0 spiro atoms. The molecule has 2 heteroatoms. The van der Waals surface area contributed by atoms with Gasteiger partial charge in [-0.15, -0.1) is 12.3 Å². The number of nitrogens with one attached hydrogen (secondary N) is 1. The van der Waals surface area contributed by atoms with Crippen LogP contribution in [0, 0.1) is 19.3 Å². The van der Waals surface area contributed by atoms with Crippen molar-refractivity contribution in [3.8, 4) is 12.3 Å². The number of rotatable bonds is 7. The molecule has 1 atom stereocenters. The number of hydrogen-bond acceptors (Lipinski definition) is 2. The average molecular weight is 219 g/mol. The highest BCUT2D eigenvalue weighted by molar-refractivity contribution is 5.16. The molecule has 0 saturated heterocycles. The molecule has 0 radical (unpaired) electrons. The Bertz CT molecular complexity index is 335. The molecule has 0 amide bonds. The third kappa shape index (κ3) is 4.12. The predicted octanol–water partition coefficient (Wildman–Crippen LogP) is 3.43. The van der Waals surface area contributed by atoms with Crippen molar-refractivity contribution in [2.45, 2.75) is 45.6 Å². The van der Waals surface area contributed by atoms with Crippen molar-refractivity contribution in [2.75, 3.05) is 6.54 Å². The normalized spacial score (nSPS) is 12.3. The van der Waals surface area contributed by atoms with Gasteiger partial charge in [-0.25, -0.2) is 0 Å². The topological polar surface area (TPSA) is 25.2 Å². The molecule has 2 nitrogen and oxygen atoms in total. The van der Waals surface area contributed by atoms with Gasteiger partial charge in [0.25, 0.3) is 0 Å². The van der Waals surface area contributed by atoms with Gasteiger partial charge in [-0.05, 0) is 38.8 Å². The highest BCUT2D eigenvalue weighted by Gasteiger charge is 2.12. The fraction of sp³-hybridized carbons (Fsp3) is 0.571. The standard InChI is InChI=1S/C14H21NO/c1-4-6-7-8-14(15-9-5-2)13-10-12(3)16-11-13/h1,10-11,14-15H,5-9H2,2-3H3. The summed E-state index contributed by atoms with van der Waals surface area (Å²) in [5.41, 5.74) is 1.24. The number of unbranched alkanes of at least 4 members (excludes halogenated alkanes) is 1. The summed E-state index contributed by atoms with van der Waals surface area (Å²) in [7, 11) is 0. The van der Waals surface area contributed by atoms with Gasteiger partial charge < -0.3 is 9.73 Å². The first-order valence-corrected chi connectivity index (χ1v) is 5.99. The molecular weight excluding hydrogens is 198 g/mol. The van der Waals surface area contributed by atoms with Crippen LogP contribution in [0.1, 0.15) is 50.0 Å². The first kappa shape index (κ1) is 12.9. The molecule has 0 aliphatic carbocycles. The number of furan rings is 1. The Kier molecular flexibility index (Phi) is 5.74. The van der Waals surface area contributed by atoms with E-state index in [0.717, 1.165) is 38.0 Å². The van der Waals surface area contributed by atoms with Gasteiger partial charge in [-0.1, -0.05) is 6.92 Å². The van der Waals surface area contributed by atoms with Crippen LogP contribution < -0.4 is 5.32 Å². The van der Waals surface area contributed by atoms with Crippen LogP contribution in [-0.2, 0) is 0 Å². The molecule has 1 rings (SSSR count). The van der Waals surface area contributed by atoms with Crippen molar-refractivity contribution >= 4 is 0 Å². The zero-order valence-corrected chi connectivity index (χ0v) is 10.3. The Morgan fingerprint density at radius 2 is 2.38 bits per heavy atom. The van der Waals surface area contributed by atoms with E-state index in [2.05, 4.69) is 24.2 Å². The van der Waals surface area contributed by atoms with Crippen molar-refractivity contribution < 1.29 is 4.42 Å². The van der Waals surface area contributed by atoms with Crippen LogP contribution in [0.4, 0.5) is 0 Å². The summed E-state index contributed by atoms with van der Waals surface area (Å²) in [6.45, 7) is 5.18. The SMILES string of the molecule is C#CCCCC(NCCC)c1coc(C)c1. The lowest BCUT2D eigenvalue weighted by Gasteiger charge is -2.16. The highest BCUT2D eigenvalue weighted by Crippen LogP contribution is 2.21. The van der Waals surface area contributed by atoms with Crippen LogP contribution in [0.5, 0.6) is 0 Å². The third-order valence-corrected chi connectivity index (χ3v) is 2.61. The van der Waals surface area contributed by atoms with Gasteiger partial charge in [0.1, 0.15) is 5.76 Å². The summed E-state index contributed by atoms with van der Waals surface area (Å²) >= 11 is 0. The molecule has 0 bridgehead atoms. The number of aryl methyl sites for hydroxylation is 1. The molecule has 0 aromatic carbocycles. The van der Waals surface area contributed by atoms with Crippen LogP contribution in [0.3, 0.4) is 0 Å². The summed E-state index contributed by atoms with van der Waals surface area (Å²) in [6, 6.07) is 2.48. The maximum Gasteiger partial charge on any atom is 0.101 e. The Morgan fingerprint density at radius 1 is 1.56 bits per heavy atom. The van der Waals surface area contributed by atoms with Crippen molar-refractivity contribution in [3.63, 3.8) is 0 Å². The Labute approximate surface area is 98.4 Å². The first-order chi connectivity index (χ1) is 7.77. The molecule has 0 aliphatic rings. The van der Waals surface area contributed by atoms with Gasteiger partial charge in [0, 0.05) is 18.0 Å². The predicted molar refractivity (Wildman–Crippen MR) is 67.2 cm³/mol. The summed E-state index contributed by atoms with van der Waals surface area (Å²) in [5.74, 6) is 3.65. The molecule has 1 aromatic heterocycles. The number of terminal acetylenes is 1. The lowest BCUT2D eigenvalue weighted by atomic mass is 10.0. The van der Waals surface area contributed by atoms with E-state index >= 15 is 0 Å². The Balaban J connectivity index is 2.53. The maximum atomic E-state index is 5.35. The van der Waals surface area contributed by atoms with Gasteiger partial charge in [-0.3, -0.25) is 0 Å². The van der Waals surface area contributed by atoms with Gasteiger partial charge in [0.15, 0.2) is 0 Å². The van der Waals surface area contributed by atoms with E-state index in [1.807, 2.05) is 13.2 Å². The summed E-state index contributed by atoms with van der Waals surface area (Å²) in [5, 5.41) is 3.53. The summed E-state index contributed by atoms with van der Waals surface area (Å²) in [6.07, 6.45) is 11.2. The van der Waals surface area contributed by atoms with E-state index in [4.69, 9.17) is 10.8 Å². The smallest absolute Gasteiger partial charge is 0.101 e. The van der Waals surface area contributed by atoms with Crippen molar-refractivity contribution in [2.24, 2.45) is 0 Å². The Morgan fingerprint density at radius 3 is 2.94 bits per heavy atom. The van der Waals surface area contributed by atoms with Crippen LogP contribution >= 0.6 is 0 Å². The van der Waals surface area contributed by atoms with E-state index < -0.39 is 0 Å². The van der Waals surface area contributed by atoms with Crippen molar-refractivity contribution in [3.05, 3.63) is 23.7 Å². The molecule has 1 aromatic rings. The van der Waals surface area contributed by atoms with E-state index in [0.29, 0.717) is 6.04 Å². The zero-order valence-electron chi connectivity index (χ0n) is 10.3. The molecule has 0 aliphatic heterocycles. The van der Waals surface area contributed by atoms with Gasteiger partial charge in [0.2, 0.25) is 0 Å². The van der Waals surface area contributed by atoms with Crippen LogP contribution in [0.25, 0.3) is 0 Å². The van der Waals surface area contributed by atoms with Gasteiger partial charge >= 0.3 is 0 Å². The van der Waals surface area contributed by atoms with Crippen LogP contribution in [-0.4, -0.2) is 6.54 Å². The number of hydrogen-bond donors (Lipinski definition) is 1. The van der Waals surface area contributed by atoms with E-state index in [-0.39, 0.29) is 0 Å². The molecule has 0 saturated carbocycles. The minimum Gasteiger partial charge on any atom is -0.469 e. The molecule has 16 heavy (non-hydrogen) atoms. The van der Waals surface area contributed by atoms with Gasteiger partial charge in [0.05, 0.1) is 6.26 Å². The quantitative estimate of drug-likeness (QED) is 0.561. The van der Waals surface area contributed by atoms with E-state index in [9.17, 15) is 0 Å². The summed E-state index contributed by atoms with van der Waals surface area (Å²) in [4.78, 5) is 0. The fourth-order valence-electron chi connectivity index (χ4n) is 1.76. The second kappa shape index (κ2) is 7.14. The fourth-order valence-corrected chi connectivity index (χ4v) is 1.76. The monoisotopic (exact) mass is 219 g/mol. The molecule has 88 valence electrons. The average Bonchev–Trinajstić information content (AvgIpc) is 2.70. The third-order valence-electron chi connectivity index (χ3n) is 2.61. The van der Waals surface area contributed by atoms with Crippen molar-refractivity contribution in [1.82, 2.24) is 5.32 Å². The second-order valence-corrected chi connectivity index (χ2v) is 4.09. The lowest BCUT2D eigenvalue weighted by molar-refractivity contribution is 0.475. The minimum atomic E-state index is 0.380. The highest BCUT2D eigenvalue weighted by atomic mass is 16.3. The first-order valence-electron chi connectivity index (χ1n) is 5.99. The van der Waals surface area contributed by atoms with Crippen LogP contribution in [0.2, 0.25) is 0 Å². The van der Waals surface area contributed by atoms with E-state index in [1.54, 1.807) is 0 Å². The zero-order chi connectivity index (χ0) is 11.8. The molecular formula is C14H21NO. The lowest BCUT2D eigenvalue weighted by Crippen LogP contribution is -2.21. The minimum absolute atomic E-state index is 0.380. The Hall–Kier alpha value is -1.20. The maximum absolute atomic E-state index is 5.35. The molecule has 1 unspecified atom stereocenters. The largest absolute Gasteiger partial charge is 0.469 e. The van der Waals surface area contributed by atoms with Crippen molar-refractivity contribution in [1.29, 1.82) is 0 Å². The summed E-state index contributed by atoms with van der Waals surface area (Å²) < 4.78 is 5.35. The molecule has 1 N–H and O–H groups in total.